The molecule has 1 N–H and O–H groups in total. The van der Waals surface area contributed by atoms with Gasteiger partial charge in [-0.05, 0) is 17.9 Å². The van der Waals surface area contributed by atoms with Crippen molar-refractivity contribution in [3.05, 3.63) is 28.8 Å². The van der Waals surface area contributed by atoms with Crippen molar-refractivity contribution in [3.63, 3.8) is 0 Å². The van der Waals surface area contributed by atoms with Gasteiger partial charge in [-0.2, -0.15) is 0 Å². The van der Waals surface area contributed by atoms with Crippen LogP contribution in [0.4, 0.5) is 0 Å². The van der Waals surface area contributed by atoms with Crippen LogP contribution < -0.4 is 0 Å². The van der Waals surface area contributed by atoms with Crippen molar-refractivity contribution < 1.29 is 5.11 Å². The third-order valence-corrected chi connectivity index (χ3v) is 1.89. The summed E-state index contributed by atoms with van der Waals surface area (Å²) < 4.78 is 0. The number of aliphatic hydroxyl groups is 1. The van der Waals surface area contributed by atoms with Crippen LogP contribution in [0.25, 0.3) is 0 Å². The van der Waals surface area contributed by atoms with Crippen LogP contribution in [0.15, 0.2) is 17.5 Å². The van der Waals surface area contributed by atoms with E-state index < -0.39 is 0 Å². The lowest BCUT2D eigenvalue weighted by molar-refractivity contribution is 0.299. The molecule has 2 heteroatoms. The van der Waals surface area contributed by atoms with Crippen LogP contribution in [0, 0.1) is 6.42 Å². The van der Waals surface area contributed by atoms with E-state index in [1.54, 1.807) is 11.3 Å². The smallest absolute Gasteiger partial charge is 0.0437 e. The Morgan fingerprint density at radius 1 is 1.67 bits per heavy atom. The maximum absolute atomic E-state index is 8.44. The van der Waals surface area contributed by atoms with E-state index in [-0.39, 0.29) is 6.61 Å². The fourth-order valence-corrected chi connectivity index (χ4v) is 1.30. The first-order valence-electron chi connectivity index (χ1n) is 2.91. The average Bonchev–Trinajstić information content (AvgIpc) is 2.34. The van der Waals surface area contributed by atoms with Crippen molar-refractivity contribution in [1.82, 2.24) is 0 Å². The molecule has 0 aliphatic rings. The Labute approximate surface area is 59.0 Å². The van der Waals surface area contributed by atoms with Gasteiger partial charge in [0, 0.05) is 17.9 Å². The Hall–Kier alpha value is -0.340. The van der Waals surface area contributed by atoms with Crippen molar-refractivity contribution in [2.75, 3.05) is 6.61 Å². The minimum absolute atomic E-state index is 0.248. The molecule has 49 valence electrons. The van der Waals surface area contributed by atoms with Crippen LogP contribution in [-0.2, 0) is 0 Å². The van der Waals surface area contributed by atoms with Gasteiger partial charge in [-0.15, -0.1) is 11.3 Å². The van der Waals surface area contributed by atoms with Crippen LogP contribution in [-0.4, -0.2) is 11.7 Å². The van der Waals surface area contributed by atoms with Crippen molar-refractivity contribution in [2.24, 2.45) is 0 Å². The molecule has 0 atom stereocenters. The van der Waals surface area contributed by atoms with Gasteiger partial charge in [-0.25, -0.2) is 0 Å². The third-order valence-electron chi connectivity index (χ3n) is 1.02. The zero-order valence-electron chi connectivity index (χ0n) is 5.08. The maximum Gasteiger partial charge on any atom is 0.0437 e. The van der Waals surface area contributed by atoms with Crippen LogP contribution in [0.5, 0.6) is 0 Å². The largest absolute Gasteiger partial charge is 0.396 e. The van der Waals surface area contributed by atoms with Crippen LogP contribution in [0.1, 0.15) is 11.3 Å². The lowest BCUT2D eigenvalue weighted by Crippen LogP contribution is -1.81. The van der Waals surface area contributed by atoms with Gasteiger partial charge in [-0.1, -0.05) is 6.07 Å². The molecular formula is C7H9OS. The number of aliphatic hydroxyl groups excluding tert-OH is 1. The highest BCUT2D eigenvalue weighted by Crippen LogP contribution is 2.11. The van der Waals surface area contributed by atoms with E-state index in [9.17, 15) is 0 Å². The quantitative estimate of drug-likeness (QED) is 0.679. The molecule has 0 spiro atoms. The van der Waals surface area contributed by atoms with Crippen LogP contribution in [0.2, 0.25) is 0 Å². The molecule has 1 radical (unpaired) electrons. The van der Waals surface area contributed by atoms with Gasteiger partial charge >= 0.3 is 0 Å². The Kier molecular flexibility index (Phi) is 2.74. The van der Waals surface area contributed by atoms with Gasteiger partial charge < -0.3 is 5.11 Å². The minimum atomic E-state index is 0.248. The summed E-state index contributed by atoms with van der Waals surface area (Å²) in [4.78, 5) is 1.24. The predicted octanol–water partition coefficient (Wildman–Crippen LogP) is 1.68. The average molecular weight is 141 g/mol. The number of hydrogen-bond acceptors (Lipinski definition) is 2. The molecule has 1 aromatic rings. The van der Waals surface area contributed by atoms with Crippen molar-refractivity contribution in [3.8, 4) is 0 Å². The molecule has 0 aliphatic carbocycles. The summed E-state index contributed by atoms with van der Waals surface area (Å²) in [6.45, 7) is 0.248. The first-order valence-corrected chi connectivity index (χ1v) is 3.79. The summed E-state index contributed by atoms with van der Waals surface area (Å²) in [6.07, 6.45) is 2.80. The highest BCUT2D eigenvalue weighted by molar-refractivity contribution is 7.10. The van der Waals surface area contributed by atoms with Gasteiger partial charge in [0.2, 0.25) is 0 Å². The van der Waals surface area contributed by atoms with Crippen molar-refractivity contribution in [2.45, 2.75) is 6.42 Å². The van der Waals surface area contributed by atoms with Gasteiger partial charge in [0.15, 0.2) is 0 Å². The van der Waals surface area contributed by atoms with Crippen molar-refractivity contribution in [1.29, 1.82) is 0 Å². The second-order valence-electron chi connectivity index (χ2n) is 1.73. The van der Waals surface area contributed by atoms with Crippen molar-refractivity contribution >= 4 is 11.3 Å². The molecule has 0 aliphatic heterocycles. The summed E-state index contributed by atoms with van der Waals surface area (Å²) in [5.41, 5.74) is 0. The first kappa shape index (κ1) is 6.78. The third kappa shape index (κ3) is 2.16. The molecule has 0 saturated carbocycles. The van der Waals surface area contributed by atoms with E-state index in [1.165, 1.54) is 4.88 Å². The fourth-order valence-electron chi connectivity index (χ4n) is 0.614. The molecule has 0 saturated heterocycles. The highest BCUT2D eigenvalue weighted by atomic mass is 32.1. The predicted molar refractivity (Wildman–Crippen MR) is 39.4 cm³/mol. The number of thiophene rings is 1. The van der Waals surface area contributed by atoms with Crippen LogP contribution in [0.3, 0.4) is 0 Å². The SMILES string of the molecule is OCC[CH]c1cccs1. The molecule has 1 rings (SSSR count). The standard InChI is InChI=1S/C7H9OS/c8-5-1-3-7-4-2-6-9-7/h2-4,6,8H,1,5H2. The van der Waals surface area contributed by atoms with E-state index in [2.05, 4.69) is 0 Å². The van der Waals surface area contributed by atoms with Gasteiger partial charge in [-0.3, -0.25) is 0 Å². The summed E-state index contributed by atoms with van der Waals surface area (Å²) in [7, 11) is 0. The zero-order valence-corrected chi connectivity index (χ0v) is 5.90. The second kappa shape index (κ2) is 3.64. The normalized spacial score (nSPS) is 9.89. The Balaban J connectivity index is 2.30. The molecule has 0 amide bonds. The molecule has 1 heterocycles. The van der Waals surface area contributed by atoms with Gasteiger partial charge in [0.25, 0.3) is 0 Å². The van der Waals surface area contributed by atoms with Crippen LogP contribution >= 0.6 is 11.3 Å². The Morgan fingerprint density at radius 2 is 2.56 bits per heavy atom. The molecule has 0 fully saturated rings. The second-order valence-corrected chi connectivity index (χ2v) is 2.71. The Bertz CT molecular complexity index is 146. The molecule has 1 nitrogen and oxygen atoms in total. The van der Waals surface area contributed by atoms with E-state index >= 15 is 0 Å². The van der Waals surface area contributed by atoms with Gasteiger partial charge in [0.05, 0.1) is 0 Å². The lowest BCUT2D eigenvalue weighted by Gasteiger charge is -1.89. The van der Waals surface area contributed by atoms with E-state index in [4.69, 9.17) is 5.11 Å². The minimum Gasteiger partial charge on any atom is -0.396 e. The summed E-state index contributed by atoms with van der Waals surface area (Å²) in [6, 6.07) is 4.05. The van der Waals surface area contributed by atoms with E-state index in [1.807, 2.05) is 23.9 Å². The summed E-state index contributed by atoms with van der Waals surface area (Å²) >= 11 is 1.70. The molecule has 9 heavy (non-hydrogen) atoms. The fraction of sp³-hybridized carbons (Fsp3) is 0.286. The molecule has 0 aromatic carbocycles. The highest BCUT2D eigenvalue weighted by Gasteiger charge is 1.90. The van der Waals surface area contributed by atoms with E-state index in [0.29, 0.717) is 0 Å². The zero-order chi connectivity index (χ0) is 6.53. The molecular weight excluding hydrogens is 132 g/mol. The number of hydrogen-bond donors (Lipinski definition) is 1. The maximum atomic E-state index is 8.44. The molecule has 1 aromatic heterocycles. The monoisotopic (exact) mass is 141 g/mol. The molecule has 0 bridgehead atoms. The lowest BCUT2D eigenvalue weighted by atomic mass is 10.3. The molecule has 0 unspecified atom stereocenters. The Morgan fingerprint density at radius 3 is 3.11 bits per heavy atom. The summed E-state index contributed by atoms with van der Waals surface area (Å²) in [5.74, 6) is 0. The summed E-state index contributed by atoms with van der Waals surface area (Å²) in [5, 5.41) is 10.5. The topological polar surface area (TPSA) is 20.2 Å². The number of rotatable bonds is 3. The van der Waals surface area contributed by atoms with E-state index in [0.717, 1.165) is 6.42 Å². The first-order chi connectivity index (χ1) is 4.43. The van der Waals surface area contributed by atoms with Gasteiger partial charge in [0.1, 0.15) is 0 Å².